The molecule has 1 rings (SSSR count). The summed E-state index contributed by atoms with van der Waals surface area (Å²) in [5, 5.41) is 8.90. The molecule has 17 heavy (non-hydrogen) atoms. The van der Waals surface area contributed by atoms with Crippen LogP contribution in [0.2, 0.25) is 0 Å². The van der Waals surface area contributed by atoms with Crippen molar-refractivity contribution in [3.8, 4) is 0 Å². The Kier molecular flexibility index (Phi) is 5.82. The second kappa shape index (κ2) is 6.89. The molecule has 0 saturated carbocycles. The van der Waals surface area contributed by atoms with Crippen molar-refractivity contribution >= 4 is 23.6 Å². The van der Waals surface area contributed by atoms with Crippen LogP contribution in [-0.4, -0.2) is 45.5 Å². The number of aliphatic carboxylic acids is 1. The van der Waals surface area contributed by atoms with E-state index in [0.717, 1.165) is 25.0 Å². The number of amides is 1. The van der Waals surface area contributed by atoms with Crippen LogP contribution in [0.15, 0.2) is 0 Å². The molecule has 1 N–H and O–H groups in total. The molecule has 0 aromatic heterocycles. The molecule has 0 bridgehead atoms. The van der Waals surface area contributed by atoms with Gasteiger partial charge in [-0.2, -0.15) is 0 Å². The smallest absolute Gasteiger partial charge is 0.326 e. The third-order valence-electron chi connectivity index (χ3n) is 3.03. The van der Waals surface area contributed by atoms with E-state index in [0.29, 0.717) is 13.0 Å². The van der Waals surface area contributed by atoms with Crippen molar-refractivity contribution in [1.29, 1.82) is 0 Å². The summed E-state index contributed by atoms with van der Waals surface area (Å²) in [6, 6.07) is -0.600. The van der Waals surface area contributed by atoms with E-state index in [2.05, 4.69) is 6.92 Å². The van der Waals surface area contributed by atoms with Crippen molar-refractivity contribution in [3.05, 3.63) is 0 Å². The highest BCUT2D eigenvalue weighted by molar-refractivity contribution is 8.00. The first-order chi connectivity index (χ1) is 8.07. The van der Waals surface area contributed by atoms with Gasteiger partial charge in [0.1, 0.15) is 6.04 Å². The number of carboxylic acids is 1. The van der Waals surface area contributed by atoms with Crippen LogP contribution in [0.5, 0.6) is 0 Å². The molecule has 0 spiro atoms. The van der Waals surface area contributed by atoms with Crippen molar-refractivity contribution in [1.82, 2.24) is 4.90 Å². The first-order valence-corrected chi connectivity index (χ1v) is 7.27. The fraction of sp³-hybridized carbons (Fsp3) is 0.833. The fourth-order valence-electron chi connectivity index (χ4n) is 2.00. The molecule has 0 aromatic rings. The molecule has 1 saturated heterocycles. The van der Waals surface area contributed by atoms with E-state index in [4.69, 9.17) is 5.11 Å². The van der Waals surface area contributed by atoms with Gasteiger partial charge in [0.2, 0.25) is 5.91 Å². The van der Waals surface area contributed by atoms with Gasteiger partial charge in [-0.15, -0.1) is 11.8 Å². The molecule has 1 fully saturated rings. The number of carboxylic acid groups (broad SMARTS) is 1. The monoisotopic (exact) mass is 259 g/mol. The summed E-state index contributed by atoms with van der Waals surface area (Å²) in [6.45, 7) is 4.59. The minimum Gasteiger partial charge on any atom is -0.480 e. The minimum atomic E-state index is -0.874. The number of thioether (sulfide) groups is 1. The molecule has 1 amide bonds. The first-order valence-electron chi connectivity index (χ1n) is 6.22. The average molecular weight is 259 g/mol. The molecule has 1 heterocycles. The van der Waals surface area contributed by atoms with Crippen LogP contribution in [0.1, 0.15) is 39.5 Å². The highest BCUT2D eigenvalue weighted by atomic mass is 32.2. The predicted molar refractivity (Wildman–Crippen MR) is 69.2 cm³/mol. The van der Waals surface area contributed by atoms with Crippen molar-refractivity contribution in [2.75, 3.05) is 12.3 Å². The third-order valence-corrected chi connectivity index (χ3v) is 4.26. The second-order valence-corrected chi connectivity index (χ2v) is 5.84. The maximum atomic E-state index is 12.1. The number of likely N-dealkylation sites (tertiary alicyclic amines) is 1. The number of hydrogen-bond donors (Lipinski definition) is 1. The summed E-state index contributed by atoms with van der Waals surface area (Å²) >= 11 is 1.63. The third kappa shape index (κ3) is 3.91. The molecular formula is C12H21NO3S. The van der Waals surface area contributed by atoms with Crippen LogP contribution >= 0.6 is 11.8 Å². The van der Waals surface area contributed by atoms with Crippen molar-refractivity contribution < 1.29 is 14.7 Å². The summed E-state index contributed by atoms with van der Waals surface area (Å²) in [4.78, 5) is 24.6. The second-order valence-electron chi connectivity index (χ2n) is 4.39. The molecule has 1 aliphatic heterocycles. The fourth-order valence-corrected chi connectivity index (χ4v) is 3.08. The number of unbranched alkanes of at least 4 members (excludes halogenated alkanes) is 1. The zero-order valence-electron chi connectivity index (χ0n) is 10.5. The average Bonchev–Trinajstić information content (AvgIpc) is 2.77. The van der Waals surface area contributed by atoms with E-state index >= 15 is 0 Å². The van der Waals surface area contributed by atoms with Gasteiger partial charge in [0, 0.05) is 6.54 Å². The number of carbonyl (C=O) groups is 2. The largest absolute Gasteiger partial charge is 0.480 e. The van der Waals surface area contributed by atoms with Gasteiger partial charge in [-0.05, 0) is 31.9 Å². The lowest BCUT2D eigenvalue weighted by Gasteiger charge is -2.24. The molecule has 1 aliphatic rings. The molecule has 0 aliphatic carbocycles. The highest BCUT2D eigenvalue weighted by Crippen LogP contribution is 2.22. The first kappa shape index (κ1) is 14.4. The summed E-state index contributed by atoms with van der Waals surface area (Å²) in [7, 11) is 0. The number of nitrogens with zero attached hydrogens (tertiary/aromatic N) is 1. The summed E-state index contributed by atoms with van der Waals surface area (Å²) in [5.41, 5.74) is 0. The Morgan fingerprint density at radius 3 is 2.82 bits per heavy atom. The quantitative estimate of drug-likeness (QED) is 0.741. The van der Waals surface area contributed by atoms with Crippen molar-refractivity contribution in [2.45, 2.75) is 50.8 Å². The predicted octanol–water partition coefficient (Wildman–Crippen LogP) is 1.98. The zero-order valence-corrected chi connectivity index (χ0v) is 11.3. The molecule has 98 valence electrons. The SMILES string of the molecule is CCCCSC(C)C(=O)N1CCCC1C(=O)O. The highest BCUT2D eigenvalue weighted by Gasteiger charge is 2.35. The van der Waals surface area contributed by atoms with Crippen LogP contribution in [0, 0.1) is 0 Å². The molecule has 2 atom stereocenters. The minimum absolute atomic E-state index is 0.0176. The van der Waals surface area contributed by atoms with Crippen LogP contribution in [0.4, 0.5) is 0 Å². The Morgan fingerprint density at radius 1 is 1.53 bits per heavy atom. The Labute approximate surface area is 107 Å². The number of hydrogen-bond acceptors (Lipinski definition) is 3. The molecule has 0 aromatic carbocycles. The molecule has 2 unspecified atom stereocenters. The van der Waals surface area contributed by atoms with E-state index in [1.54, 1.807) is 11.8 Å². The van der Waals surface area contributed by atoms with Crippen molar-refractivity contribution in [3.63, 3.8) is 0 Å². The lowest BCUT2D eigenvalue weighted by molar-refractivity contribution is -0.147. The summed E-state index contributed by atoms with van der Waals surface area (Å²) < 4.78 is 0. The topological polar surface area (TPSA) is 57.6 Å². The number of rotatable bonds is 6. The van der Waals surface area contributed by atoms with E-state index < -0.39 is 12.0 Å². The molecule has 0 radical (unpaired) electrons. The van der Waals surface area contributed by atoms with E-state index in [-0.39, 0.29) is 11.2 Å². The lowest BCUT2D eigenvalue weighted by Crippen LogP contribution is -2.43. The van der Waals surface area contributed by atoms with E-state index in [1.165, 1.54) is 4.90 Å². The van der Waals surface area contributed by atoms with Gasteiger partial charge in [0.15, 0.2) is 0 Å². The van der Waals surface area contributed by atoms with Crippen LogP contribution in [-0.2, 0) is 9.59 Å². The summed E-state index contributed by atoms with van der Waals surface area (Å²) in [6.07, 6.45) is 3.61. The van der Waals surface area contributed by atoms with Gasteiger partial charge in [0.25, 0.3) is 0 Å². The van der Waals surface area contributed by atoms with Gasteiger partial charge in [-0.3, -0.25) is 4.79 Å². The van der Waals surface area contributed by atoms with Gasteiger partial charge in [-0.1, -0.05) is 13.3 Å². The molecule has 5 heteroatoms. The van der Waals surface area contributed by atoms with Crippen LogP contribution < -0.4 is 0 Å². The van der Waals surface area contributed by atoms with E-state index in [9.17, 15) is 9.59 Å². The standard InChI is InChI=1S/C12H21NO3S/c1-3-4-8-17-9(2)11(14)13-7-5-6-10(13)12(15)16/h9-10H,3-8H2,1-2H3,(H,15,16). The summed E-state index contributed by atoms with van der Waals surface area (Å²) in [5.74, 6) is 0.0761. The molecule has 4 nitrogen and oxygen atoms in total. The van der Waals surface area contributed by atoms with E-state index in [1.807, 2.05) is 6.92 Å². The Morgan fingerprint density at radius 2 is 2.24 bits per heavy atom. The van der Waals surface area contributed by atoms with Crippen LogP contribution in [0.3, 0.4) is 0 Å². The van der Waals surface area contributed by atoms with Gasteiger partial charge >= 0.3 is 5.97 Å². The molecular weight excluding hydrogens is 238 g/mol. The maximum Gasteiger partial charge on any atom is 0.326 e. The van der Waals surface area contributed by atoms with Crippen molar-refractivity contribution in [2.24, 2.45) is 0 Å². The van der Waals surface area contributed by atoms with Gasteiger partial charge in [0.05, 0.1) is 5.25 Å². The normalized spacial score (nSPS) is 21.5. The maximum absolute atomic E-state index is 12.1. The number of carbonyl (C=O) groups excluding carboxylic acids is 1. The Bertz CT molecular complexity index is 283. The lowest BCUT2D eigenvalue weighted by atomic mass is 10.2. The Hall–Kier alpha value is -0.710. The van der Waals surface area contributed by atoms with Crippen LogP contribution in [0.25, 0.3) is 0 Å². The zero-order chi connectivity index (χ0) is 12.8. The Balaban J connectivity index is 2.47. The van der Waals surface area contributed by atoms with Gasteiger partial charge < -0.3 is 10.0 Å². The van der Waals surface area contributed by atoms with Gasteiger partial charge in [-0.25, -0.2) is 4.79 Å².